The summed E-state index contributed by atoms with van der Waals surface area (Å²) in [4.78, 5) is 0. The average molecular weight is 203 g/mol. The monoisotopic (exact) mass is 203 g/mol. The second kappa shape index (κ2) is 5.32. The van der Waals surface area contributed by atoms with Crippen LogP contribution in [0, 0.1) is 5.92 Å². The Hall–Kier alpha value is -0.820. The van der Waals surface area contributed by atoms with Crippen molar-refractivity contribution in [1.82, 2.24) is 0 Å². The molecule has 0 bridgehead atoms. The van der Waals surface area contributed by atoms with Gasteiger partial charge in [0.15, 0.2) is 0 Å². The van der Waals surface area contributed by atoms with Gasteiger partial charge in [-0.25, -0.2) is 0 Å². The van der Waals surface area contributed by atoms with Crippen LogP contribution in [0.1, 0.15) is 43.6 Å². The molecule has 2 unspecified atom stereocenters. The van der Waals surface area contributed by atoms with Crippen molar-refractivity contribution in [2.45, 2.75) is 38.0 Å². The molecule has 0 aromatic heterocycles. The van der Waals surface area contributed by atoms with Crippen molar-refractivity contribution in [1.29, 1.82) is 0 Å². The highest BCUT2D eigenvalue weighted by Crippen LogP contribution is 2.39. The fourth-order valence-electron chi connectivity index (χ4n) is 2.91. The van der Waals surface area contributed by atoms with Crippen molar-refractivity contribution < 1.29 is 0 Å². The molecule has 1 aliphatic rings. The van der Waals surface area contributed by atoms with Gasteiger partial charge < -0.3 is 5.73 Å². The van der Waals surface area contributed by atoms with Crippen LogP contribution < -0.4 is 5.73 Å². The molecule has 2 atom stereocenters. The van der Waals surface area contributed by atoms with Gasteiger partial charge in [0.2, 0.25) is 0 Å². The molecule has 82 valence electrons. The zero-order chi connectivity index (χ0) is 10.5. The molecule has 0 aliphatic heterocycles. The summed E-state index contributed by atoms with van der Waals surface area (Å²) in [6.45, 7) is 0.841. The largest absolute Gasteiger partial charge is 0.330 e. The van der Waals surface area contributed by atoms with Gasteiger partial charge in [0.1, 0.15) is 0 Å². The molecular weight excluding hydrogens is 182 g/mol. The molecule has 1 aromatic carbocycles. The Morgan fingerprint density at radius 2 is 1.80 bits per heavy atom. The lowest BCUT2D eigenvalue weighted by atomic mass is 9.74. The van der Waals surface area contributed by atoms with Crippen LogP contribution in [-0.2, 0) is 0 Å². The fraction of sp³-hybridized carbons (Fsp3) is 0.571. The lowest BCUT2D eigenvalue weighted by molar-refractivity contribution is 0.294. The molecule has 1 nitrogen and oxygen atoms in total. The van der Waals surface area contributed by atoms with E-state index in [0.29, 0.717) is 0 Å². The first-order valence-electron chi connectivity index (χ1n) is 6.17. The van der Waals surface area contributed by atoms with E-state index in [4.69, 9.17) is 5.73 Å². The minimum absolute atomic E-state index is 0.767. The SMILES string of the molecule is NCCC1CCCCC1c1ccccc1. The van der Waals surface area contributed by atoms with Gasteiger partial charge >= 0.3 is 0 Å². The van der Waals surface area contributed by atoms with Crippen molar-refractivity contribution in [3.8, 4) is 0 Å². The van der Waals surface area contributed by atoms with Gasteiger partial charge in [-0.3, -0.25) is 0 Å². The lowest BCUT2D eigenvalue weighted by Gasteiger charge is -2.31. The highest BCUT2D eigenvalue weighted by molar-refractivity contribution is 5.20. The Balaban J connectivity index is 2.11. The maximum atomic E-state index is 5.70. The van der Waals surface area contributed by atoms with E-state index in [1.807, 2.05) is 0 Å². The van der Waals surface area contributed by atoms with Crippen LogP contribution in [0.2, 0.25) is 0 Å². The zero-order valence-electron chi connectivity index (χ0n) is 9.36. The van der Waals surface area contributed by atoms with Crippen molar-refractivity contribution in [3.05, 3.63) is 35.9 Å². The number of hydrogen-bond donors (Lipinski definition) is 1. The molecule has 0 radical (unpaired) electrons. The van der Waals surface area contributed by atoms with Crippen LogP contribution in [0.5, 0.6) is 0 Å². The van der Waals surface area contributed by atoms with Crippen LogP contribution in [0.3, 0.4) is 0 Å². The number of hydrogen-bond acceptors (Lipinski definition) is 1. The highest BCUT2D eigenvalue weighted by Gasteiger charge is 2.25. The summed E-state index contributed by atoms with van der Waals surface area (Å²) in [5.74, 6) is 1.59. The summed E-state index contributed by atoms with van der Waals surface area (Å²) in [7, 11) is 0. The minimum atomic E-state index is 0.767. The Morgan fingerprint density at radius 3 is 2.53 bits per heavy atom. The lowest BCUT2D eigenvalue weighted by Crippen LogP contribution is -2.20. The van der Waals surface area contributed by atoms with E-state index in [1.165, 1.54) is 37.7 Å². The second-order valence-electron chi connectivity index (χ2n) is 4.64. The van der Waals surface area contributed by atoms with Gasteiger partial charge in [-0.15, -0.1) is 0 Å². The van der Waals surface area contributed by atoms with Crippen LogP contribution in [0.4, 0.5) is 0 Å². The van der Waals surface area contributed by atoms with E-state index in [9.17, 15) is 0 Å². The minimum Gasteiger partial charge on any atom is -0.330 e. The predicted octanol–water partition coefficient (Wildman–Crippen LogP) is 3.31. The maximum absolute atomic E-state index is 5.70. The van der Waals surface area contributed by atoms with Gasteiger partial charge in [-0.2, -0.15) is 0 Å². The number of benzene rings is 1. The molecule has 2 rings (SSSR count). The Morgan fingerprint density at radius 1 is 1.07 bits per heavy atom. The van der Waals surface area contributed by atoms with Crippen LogP contribution in [0.25, 0.3) is 0 Å². The molecule has 2 N–H and O–H groups in total. The van der Waals surface area contributed by atoms with Gasteiger partial charge in [0, 0.05) is 0 Å². The molecule has 1 fully saturated rings. The summed E-state index contributed by atoms with van der Waals surface area (Å²) in [5.41, 5.74) is 7.22. The topological polar surface area (TPSA) is 26.0 Å². The van der Waals surface area contributed by atoms with E-state index in [-0.39, 0.29) is 0 Å². The summed E-state index contributed by atoms with van der Waals surface area (Å²) in [6.07, 6.45) is 6.71. The molecule has 1 aliphatic carbocycles. The van der Waals surface area contributed by atoms with E-state index in [1.54, 1.807) is 0 Å². The van der Waals surface area contributed by atoms with Crippen molar-refractivity contribution in [2.24, 2.45) is 11.7 Å². The molecular formula is C14H21N. The standard InChI is InChI=1S/C14H21N/c15-11-10-13-8-4-5-9-14(13)12-6-2-1-3-7-12/h1-3,6-7,13-14H,4-5,8-11,15H2. The normalized spacial score (nSPS) is 26.5. The summed E-state index contributed by atoms with van der Waals surface area (Å²) < 4.78 is 0. The summed E-state index contributed by atoms with van der Waals surface area (Å²) >= 11 is 0. The molecule has 1 aromatic rings. The Bertz CT molecular complexity index is 279. The van der Waals surface area contributed by atoms with Crippen LogP contribution in [0.15, 0.2) is 30.3 Å². The van der Waals surface area contributed by atoms with Crippen molar-refractivity contribution >= 4 is 0 Å². The first-order valence-corrected chi connectivity index (χ1v) is 6.17. The molecule has 1 heteroatoms. The van der Waals surface area contributed by atoms with Gasteiger partial charge in [0.05, 0.1) is 0 Å². The summed E-state index contributed by atoms with van der Waals surface area (Å²) in [6, 6.07) is 11.0. The molecule has 1 saturated carbocycles. The quantitative estimate of drug-likeness (QED) is 0.801. The van der Waals surface area contributed by atoms with E-state index < -0.39 is 0 Å². The summed E-state index contributed by atoms with van der Waals surface area (Å²) in [5, 5.41) is 0. The van der Waals surface area contributed by atoms with Crippen molar-refractivity contribution in [2.75, 3.05) is 6.54 Å². The fourth-order valence-corrected chi connectivity index (χ4v) is 2.91. The Labute approximate surface area is 92.7 Å². The zero-order valence-corrected chi connectivity index (χ0v) is 9.36. The smallest absolute Gasteiger partial charge is 0.00744 e. The average Bonchev–Trinajstić information content (AvgIpc) is 2.31. The van der Waals surface area contributed by atoms with Crippen molar-refractivity contribution in [3.63, 3.8) is 0 Å². The maximum Gasteiger partial charge on any atom is -0.00744 e. The third-order valence-electron chi connectivity index (χ3n) is 3.67. The second-order valence-corrected chi connectivity index (χ2v) is 4.64. The van der Waals surface area contributed by atoms with Gasteiger partial charge in [-0.05, 0) is 43.2 Å². The first-order chi connectivity index (χ1) is 7.42. The Kier molecular flexibility index (Phi) is 3.79. The molecule has 0 saturated heterocycles. The van der Waals surface area contributed by atoms with E-state index in [0.717, 1.165) is 18.4 Å². The molecule has 0 heterocycles. The third kappa shape index (κ3) is 2.60. The van der Waals surface area contributed by atoms with Crippen LogP contribution >= 0.6 is 0 Å². The highest BCUT2D eigenvalue weighted by atomic mass is 14.5. The van der Waals surface area contributed by atoms with Gasteiger partial charge in [0.25, 0.3) is 0 Å². The first kappa shape index (κ1) is 10.7. The third-order valence-corrected chi connectivity index (χ3v) is 3.67. The molecule has 0 spiro atoms. The molecule has 15 heavy (non-hydrogen) atoms. The van der Waals surface area contributed by atoms with Crippen LogP contribution in [-0.4, -0.2) is 6.54 Å². The number of rotatable bonds is 3. The van der Waals surface area contributed by atoms with E-state index in [2.05, 4.69) is 30.3 Å². The van der Waals surface area contributed by atoms with E-state index >= 15 is 0 Å². The number of nitrogens with two attached hydrogens (primary N) is 1. The predicted molar refractivity (Wildman–Crippen MR) is 64.8 cm³/mol. The van der Waals surface area contributed by atoms with Gasteiger partial charge in [-0.1, -0.05) is 43.2 Å². The molecule has 0 amide bonds.